The molecular weight excluding hydrogens is 252 g/mol. The van der Waals surface area contributed by atoms with E-state index in [2.05, 4.69) is 10.3 Å². The summed E-state index contributed by atoms with van der Waals surface area (Å²) in [6.45, 7) is 2.64. The Balaban J connectivity index is 1.98. The number of nitrogens with zero attached hydrogens (tertiary/aromatic N) is 1. The van der Waals surface area contributed by atoms with Gasteiger partial charge in [0.05, 0.1) is 12.6 Å². The minimum Gasteiger partial charge on any atom is -0.394 e. The lowest BCUT2D eigenvalue weighted by Crippen LogP contribution is -2.37. The molecular formula is C12H18N2O3S. The third-order valence-corrected chi connectivity index (χ3v) is 3.94. The number of ether oxygens (including phenoxy) is 1. The largest absolute Gasteiger partial charge is 0.394 e. The van der Waals surface area contributed by atoms with Crippen LogP contribution >= 0.6 is 11.3 Å². The van der Waals surface area contributed by atoms with Gasteiger partial charge in [0.15, 0.2) is 0 Å². The maximum absolute atomic E-state index is 11.9. The van der Waals surface area contributed by atoms with Crippen LogP contribution in [0.1, 0.15) is 47.8 Å². The van der Waals surface area contributed by atoms with E-state index in [1.165, 1.54) is 11.3 Å². The molecule has 0 radical (unpaired) electrons. The summed E-state index contributed by atoms with van der Waals surface area (Å²) < 4.78 is 5.53. The molecule has 2 atom stereocenters. The normalized spacial score (nSPS) is 20.9. The zero-order valence-electron chi connectivity index (χ0n) is 10.4. The molecule has 5 nitrogen and oxygen atoms in total. The van der Waals surface area contributed by atoms with Crippen molar-refractivity contribution in [3.05, 3.63) is 16.1 Å². The van der Waals surface area contributed by atoms with E-state index in [0.717, 1.165) is 24.5 Å². The van der Waals surface area contributed by atoms with Gasteiger partial charge in [-0.15, -0.1) is 11.3 Å². The molecule has 1 aromatic rings. The lowest BCUT2D eigenvalue weighted by molar-refractivity contribution is 0.0908. The number of aliphatic hydroxyl groups is 1. The molecule has 2 N–H and O–H groups in total. The van der Waals surface area contributed by atoms with Crippen LogP contribution in [0.25, 0.3) is 0 Å². The van der Waals surface area contributed by atoms with E-state index in [4.69, 9.17) is 9.84 Å². The number of thiazole rings is 1. The lowest BCUT2D eigenvalue weighted by Gasteiger charge is -2.12. The van der Waals surface area contributed by atoms with Gasteiger partial charge in [0.2, 0.25) is 0 Å². The first kappa shape index (κ1) is 13.5. The van der Waals surface area contributed by atoms with Gasteiger partial charge in [0.25, 0.3) is 5.91 Å². The topological polar surface area (TPSA) is 71.5 Å². The molecule has 1 aliphatic rings. The summed E-state index contributed by atoms with van der Waals surface area (Å²) in [5.41, 5.74) is 0.414. The van der Waals surface area contributed by atoms with Crippen LogP contribution in [-0.2, 0) is 4.74 Å². The molecule has 1 fully saturated rings. The number of carbonyl (C=O) groups excluding carboxylic acids is 1. The Morgan fingerprint density at radius 3 is 3.22 bits per heavy atom. The molecule has 1 amide bonds. The van der Waals surface area contributed by atoms with Gasteiger partial charge in [0, 0.05) is 12.0 Å². The van der Waals surface area contributed by atoms with Crippen LogP contribution in [0.2, 0.25) is 0 Å². The second-order valence-corrected chi connectivity index (χ2v) is 5.22. The Kier molecular flexibility index (Phi) is 4.68. The zero-order valence-corrected chi connectivity index (χ0v) is 11.2. The number of rotatable bonds is 5. The zero-order chi connectivity index (χ0) is 13.0. The van der Waals surface area contributed by atoms with Crippen molar-refractivity contribution in [2.75, 3.05) is 13.2 Å². The van der Waals surface area contributed by atoms with Gasteiger partial charge < -0.3 is 15.2 Å². The first-order valence-electron chi connectivity index (χ1n) is 6.23. The van der Waals surface area contributed by atoms with Crippen LogP contribution in [0.4, 0.5) is 0 Å². The van der Waals surface area contributed by atoms with E-state index in [1.54, 1.807) is 5.38 Å². The van der Waals surface area contributed by atoms with Gasteiger partial charge >= 0.3 is 0 Å². The van der Waals surface area contributed by atoms with E-state index >= 15 is 0 Å². The second kappa shape index (κ2) is 6.26. The van der Waals surface area contributed by atoms with Crippen LogP contribution in [0.15, 0.2) is 5.38 Å². The molecule has 0 aromatic carbocycles. The fourth-order valence-electron chi connectivity index (χ4n) is 1.85. The van der Waals surface area contributed by atoms with E-state index in [1.807, 2.05) is 6.92 Å². The van der Waals surface area contributed by atoms with E-state index < -0.39 is 0 Å². The first-order chi connectivity index (χ1) is 8.74. The summed E-state index contributed by atoms with van der Waals surface area (Å²) in [5.74, 6) is -0.226. The van der Waals surface area contributed by atoms with Gasteiger partial charge in [-0.25, -0.2) is 4.98 Å². The Labute approximate surface area is 110 Å². The van der Waals surface area contributed by atoms with Crippen molar-refractivity contribution in [1.29, 1.82) is 0 Å². The maximum Gasteiger partial charge on any atom is 0.271 e. The molecule has 2 rings (SSSR count). The number of hydrogen-bond acceptors (Lipinski definition) is 5. The van der Waals surface area contributed by atoms with Crippen LogP contribution < -0.4 is 5.32 Å². The van der Waals surface area contributed by atoms with E-state index in [9.17, 15) is 4.79 Å². The summed E-state index contributed by atoms with van der Waals surface area (Å²) in [5, 5.41) is 14.4. The molecule has 0 saturated carbocycles. The molecule has 0 aliphatic carbocycles. The summed E-state index contributed by atoms with van der Waals surface area (Å²) in [6.07, 6.45) is 2.78. The number of hydrogen-bond donors (Lipinski definition) is 2. The molecule has 2 heterocycles. The van der Waals surface area contributed by atoms with Gasteiger partial charge in [-0.1, -0.05) is 6.92 Å². The van der Waals surface area contributed by atoms with Crippen molar-refractivity contribution in [3.63, 3.8) is 0 Å². The van der Waals surface area contributed by atoms with Crippen LogP contribution in [0.5, 0.6) is 0 Å². The smallest absolute Gasteiger partial charge is 0.271 e. The molecule has 6 heteroatoms. The number of nitrogens with one attached hydrogen (secondary N) is 1. The van der Waals surface area contributed by atoms with Gasteiger partial charge in [0.1, 0.15) is 16.8 Å². The molecule has 0 spiro atoms. The fraction of sp³-hybridized carbons (Fsp3) is 0.667. The average molecular weight is 270 g/mol. The number of amides is 1. The van der Waals surface area contributed by atoms with E-state index in [0.29, 0.717) is 12.1 Å². The highest BCUT2D eigenvalue weighted by atomic mass is 32.1. The molecule has 18 heavy (non-hydrogen) atoms. The standard InChI is InChI=1S/C12H18N2O3S/c1-2-8(6-15)13-11(16)9-7-18-12(14-9)10-4-3-5-17-10/h7-8,10,15H,2-6H2,1H3,(H,13,16)/t8-,10+/m0/s1. The Morgan fingerprint density at radius 2 is 2.61 bits per heavy atom. The second-order valence-electron chi connectivity index (χ2n) is 4.33. The van der Waals surface area contributed by atoms with Crippen molar-refractivity contribution in [3.8, 4) is 0 Å². The van der Waals surface area contributed by atoms with Crippen LogP contribution in [0, 0.1) is 0 Å². The number of aliphatic hydroxyl groups excluding tert-OH is 1. The first-order valence-corrected chi connectivity index (χ1v) is 7.11. The predicted molar refractivity (Wildman–Crippen MR) is 68.7 cm³/mol. The van der Waals surface area contributed by atoms with Gasteiger partial charge in [-0.05, 0) is 19.3 Å². The highest BCUT2D eigenvalue weighted by Crippen LogP contribution is 2.30. The number of aromatic nitrogens is 1. The summed E-state index contributed by atoms with van der Waals surface area (Å²) >= 11 is 1.46. The highest BCUT2D eigenvalue weighted by Gasteiger charge is 2.22. The average Bonchev–Trinajstić information content (AvgIpc) is 3.04. The molecule has 100 valence electrons. The van der Waals surface area contributed by atoms with Crippen molar-refractivity contribution < 1.29 is 14.6 Å². The molecule has 0 bridgehead atoms. The summed E-state index contributed by atoms with van der Waals surface area (Å²) in [7, 11) is 0. The minimum atomic E-state index is -0.226. The maximum atomic E-state index is 11.9. The predicted octanol–water partition coefficient (Wildman–Crippen LogP) is 1.50. The fourth-order valence-corrected chi connectivity index (χ4v) is 2.73. The monoisotopic (exact) mass is 270 g/mol. The Bertz CT molecular complexity index is 398. The Hall–Kier alpha value is -0.980. The number of carbonyl (C=O) groups is 1. The van der Waals surface area contributed by atoms with Crippen molar-refractivity contribution >= 4 is 17.2 Å². The Morgan fingerprint density at radius 1 is 1.78 bits per heavy atom. The third kappa shape index (κ3) is 3.07. The van der Waals surface area contributed by atoms with Crippen molar-refractivity contribution in [1.82, 2.24) is 10.3 Å². The van der Waals surface area contributed by atoms with E-state index in [-0.39, 0.29) is 24.7 Å². The molecule has 0 unspecified atom stereocenters. The van der Waals surface area contributed by atoms with Crippen molar-refractivity contribution in [2.24, 2.45) is 0 Å². The van der Waals surface area contributed by atoms with Crippen LogP contribution in [-0.4, -0.2) is 35.3 Å². The lowest BCUT2D eigenvalue weighted by atomic mass is 10.2. The summed E-state index contributed by atoms with van der Waals surface area (Å²) in [4.78, 5) is 16.2. The molecule has 1 saturated heterocycles. The molecule has 1 aliphatic heterocycles. The highest BCUT2D eigenvalue weighted by molar-refractivity contribution is 7.09. The molecule has 1 aromatic heterocycles. The van der Waals surface area contributed by atoms with Crippen molar-refractivity contribution in [2.45, 2.75) is 38.3 Å². The van der Waals surface area contributed by atoms with Crippen LogP contribution in [0.3, 0.4) is 0 Å². The van der Waals surface area contributed by atoms with Gasteiger partial charge in [-0.2, -0.15) is 0 Å². The van der Waals surface area contributed by atoms with Gasteiger partial charge in [-0.3, -0.25) is 4.79 Å². The minimum absolute atomic E-state index is 0.0506. The quantitative estimate of drug-likeness (QED) is 0.850. The SMILES string of the molecule is CC[C@@H](CO)NC(=O)c1csc([C@H]2CCCO2)n1. The third-order valence-electron chi connectivity index (χ3n) is 3.01. The summed E-state index contributed by atoms with van der Waals surface area (Å²) in [6, 6.07) is -0.203.